The highest BCUT2D eigenvalue weighted by atomic mass is 16.6. The molecule has 21 heavy (non-hydrogen) atoms. The Morgan fingerprint density at radius 3 is 2.38 bits per heavy atom. The van der Waals surface area contributed by atoms with Crippen molar-refractivity contribution >= 4 is 12.0 Å². The second kappa shape index (κ2) is 7.22. The number of amides is 2. The Kier molecular flexibility index (Phi) is 5.65. The van der Waals surface area contributed by atoms with E-state index in [1.54, 1.807) is 26.0 Å². The van der Waals surface area contributed by atoms with Gasteiger partial charge < -0.3 is 10.1 Å². The van der Waals surface area contributed by atoms with Crippen LogP contribution in [0.4, 0.5) is 4.79 Å². The summed E-state index contributed by atoms with van der Waals surface area (Å²) in [6, 6.07) is 5.04. The Morgan fingerprint density at radius 2 is 1.86 bits per heavy atom. The average Bonchev–Trinajstić information content (AvgIpc) is 2.43. The van der Waals surface area contributed by atoms with Gasteiger partial charge in [0.15, 0.2) is 0 Å². The SMILES string of the molecule is COC(=O)c1ccccc1C(NC(=O)NC(C)C)[N+](=O)[O-]. The summed E-state index contributed by atoms with van der Waals surface area (Å²) in [6.07, 6.45) is -1.54. The fourth-order valence-corrected chi connectivity index (χ4v) is 1.70. The average molecular weight is 295 g/mol. The van der Waals surface area contributed by atoms with E-state index in [9.17, 15) is 19.7 Å². The van der Waals surface area contributed by atoms with E-state index >= 15 is 0 Å². The molecule has 0 heterocycles. The number of rotatable bonds is 5. The zero-order valence-electron chi connectivity index (χ0n) is 12.0. The zero-order valence-corrected chi connectivity index (χ0v) is 12.0. The van der Waals surface area contributed by atoms with Crippen LogP contribution in [0.2, 0.25) is 0 Å². The van der Waals surface area contributed by atoms with Gasteiger partial charge in [-0.1, -0.05) is 12.1 Å². The molecule has 0 spiro atoms. The second-order valence-corrected chi connectivity index (χ2v) is 4.54. The maximum atomic E-state index is 11.7. The van der Waals surface area contributed by atoms with Crippen molar-refractivity contribution in [1.29, 1.82) is 0 Å². The van der Waals surface area contributed by atoms with Gasteiger partial charge in [0.25, 0.3) is 0 Å². The van der Waals surface area contributed by atoms with Crippen LogP contribution >= 0.6 is 0 Å². The molecule has 0 fully saturated rings. The molecule has 114 valence electrons. The van der Waals surface area contributed by atoms with Crippen molar-refractivity contribution in [2.24, 2.45) is 0 Å². The quantitative estimate of drug-likeness (QED) is 0.370. The molecule has 1 aromatic carbocycles. The van der Waals surface area contributed by atoms with Gasteiger partial charge in [-0.05, 0) is 26.0 Å². The number of nitro groups is 1. The lowest BCUT2D eigenvalue weighted by Gasteiger charge is -2.16. The van der Waals surface area contributed by atoms with Gasteiger partial charge in [0.2, 0.25) is 0 Å². The van der Waals surface area contributed by atoms with Crippen molar-refractivity contribution in [3.8, 4) is 0 Å². The van der Waals surface area contributed by atoms with Crippen LogP contribution in [0.25, 0.3) is 0 Å². The summed E-state index contributed by atoms with van der Waals surface area (Å²) in [5, 5.41) is 15.9. The van der Waals surface area contributed by atoms with E-state index in [4.69, 9.17) is 0 Å². The van der Waals surface area contributed by atoms with Crippen LogP contribution in [0, 0.1) is 10.1 Å². The smallest absolute Gasteiger partial charge is 0.338 e. The number of hydrogen-bond donors (Lipinski definition) is 2. The number of benzene rings is 1. The second-order valence-electron chi connectivity index (χ2n) is 4.54. The Labute approximate surface area is 121 Å². The molecular formula is C13H17N3O5. The number of nitrogens with one attached hydrogen (secondary N) is 2. The molecule has 2 amide bonds. The Morgan fingerprint density at radius 1 is 1.24 bits per heavy atom. The molecule has 0 radical (unpaired) electrons. The summed E-state index contributed by atoms with van der Waals surface area (Å²) in [6.45, 7) is 3.45. The van der Waals surface area contributed by atoms with E-state index in [2.05, 4.69) is 15.4 Å². The Hall–Kier alpha value is -2.64. The molecule has 2 N–H and O–H groups in total. The largest absolute Gasteiger partial charge is 0.465 e. The maximum Gasteiger partial charge on any atom is 0.338 e. The van der Waals surface area contributed by atoms with Crippen LogP contribution in [-0.2, 0) is 4.74 Å². The van der Waals surface area contributed by atoms with Crippen molar-refractivity contribution in [3.05, 3.63) is 45.5 Å². The molecule has 0 aliphatic rings. The summed E-state index contributed by atoms with van der Waals surface area (Å²) in [5.41, 5.74) is 0.0970. The first kappa shape index (κ1) is 16.4. The van der Waals surface area contributed by atoms with E-state index in [0.717, 1.165) is 0 Å². The van der Waals surface area contributed by atoms with Crippen LogP contribution < -0.4 is 10.6 Å². The van der Waals surface area contributed by atoms with Crippen LogP contribution in [-0.4, -0.2) is 30.1 Å². The van der Waals surface area contributed by atoms with Gasteiger partial charge in [0, 0.05) is 6.04 Å². The number of urea groups is 1. The highest BCUT2D eigenvalue weighted by Gasteiger charge is 2.29. The normalized spacial score (nSPS) is 11.6. The lowest BCUT2D eigenvalue weighted by molar-refractivity contribution is -0.533. The summed E-state index contributed by atoms with van der Waals surface area (Å²) in [5.74, 6) is -0.705. The van der Waals surface area contributed by atoms with Crippen molar-refractivity contribution in [1.82, 2.24) is 10.6 Å². The predicted molar refractivity (Wildman–Crippen MR) is 74.3 cm³/mol. The van der Waals surface area contributed by atoms with Crippen LogP contribution in [0.3, 0.4) is 0 Å². The highest BCUT2D eigenvalue weighted by molar-refractivity contribution is 5.91. The Balaban J connectivity index is 3.09. The van der Waals surface area contributed by atoms with Crippen molar-refractivity contribution in [3.63, 3.8) is 0 Å². The first-order chi connectivity index (χ1) is 9.86. The first-order valence-corrected chi connectivity index (χ1v) is 6.24. The summed E-state index contributed by atoms with van der Waals surface area (Å²) in [7, 11) is 1.18. The van der Waals surface area contributed by atoms with Gasteiger partial charge in [-0.15, -0.1) is 0 Å². The molecule has 1 rings (SSSR count). The molecule has 0 aliphatic carbocycles. The van der Waals surface area contributed by atoms with E-state index < -0.39 is 23.1 Å². The third-order valence-electron chi connectivity index (χ3n) is 2.56. The number of nitrogens with zero attached hydrogens (tertiary/aromatic N) is 1. The first-order valence-electron chi connectivity index (χ1n) is 6.24. The van der Waals surface area contributed by atoms with Crippen LogP contribution in [0.15, 0.2) is 24.3 Å². The molecule has 1 atom stereocenters. The van der Waals surface area contributed by atoms with E-state index in [1.165, 1.54) is 19.2 Å². The van der Waals surface area contributed by atoms with Gasteiger partial charge in [0.1, 0.15) is 0 Å². The van der Waals surface area contributed by atoms with Crippen molar-refractivity contribution in [2.75, 3.05) is 7.11 Å². The minimum atomic E-state index is -1.54. The molecule has 0 aromatic heterocycles. The van der Waals surface area contributed by atoms with Crippen LogP contribution in [0.1, 0.15) is 35.9 Å². The molecular weight excluding hydrogens is 278 g/mol. The van der Waals surface area contributed by atoms with Gasteiger partial charge in [-0.25, -0.2) is 9.59 Å². The van der Waals surface area contributed by atoms with Crippen molar-refractivity contribution in [2.45, 2.75) is 26.1 Å². The number of methoxy groups -OCH3 is 1. The lowest BCUT2D eigenvalue weighted by Crippen LogP contribution is -2.43. The molecule has 1 unspecified atom stereocenters. The van der Waals surface area contributed by atoms with E-state index in [-0.39, 0.29) is 17.2 Å². The molecule has 0 saturated heterocycles. The number of hydrogen-bond acceptors (Lipinski definition) is 5. The summed E-state index contributed by atoms with van der Waals surface area (Å²) < 4.78 is 4.59. The predicted octanol–water partition coefficient (Wildman–Crippen LogP) is 1.46. The lowest BCUT2D eigenvalue weighted by atomic mass is 10.1. The zero-order chi connectivity index (χ0) is 16.0. The van der Waals surface area contributed by atoms with Gasteiger partial charge in [-0.2, -0.15) is 0 Å². The third-order valence-corrected chi connectivity index (χ3v) is 2.56. The number of carbonyl (C=O) groups excluding carboxylic acids is 2. The number of carbonyl (C=O) groups is 2. The monoisotopic (exact) mass is 295 g/mol. The van der Waals surface area contributed by atoms with Crippen LogP contribution in [0.5, 0.6) is 0 Å². The van der Waals surface area contributed by atoms with E-state index in [0.29, 0.717) is 0 Å². The molecule has 1 aromatic rings. The van der Waals surface area contributed by atoms with Gasteiger partial charge in [-0.3, -0.25) is 15.4 Å². The van der Waals surface area contributed by atoms with Gasteiger partial charge in [0.05, 0.1) is 23.2 Å². The highest BCUT2D eigenvalue weighted by Crippen LogP contribution is 2.19. The molecule has 0 bridgehead atoms. The third kappa shape index (κ3) is 4.44. The fourth-order valence-electron chi connectivity index (χ4n) is 1.70. The standard InChI is InChI=1S/C13H17N3O5/c1-8(2)14-13(18)15-11(16(19)20)9-6-4-5-7-10(9)12(17)21-3/h4-8,11H,1-3H3,(H2,14,15,18). The van der Waals surface area contributed by atoms with E-state index in [1.807, 2.05) is 0 Å². The summed E-state index contributed by atoms with van der Waals surface area (Å²) >= 11 is 0. The van der Waals surface area contributed by atoms with Crippen molar-refractivity contribution < 1.29 is 19.2 Å². The molecule has 8 nitrogen and oxygen atoms in total. The van der Waals surface area contributed by atoms with Gasteiger partial charge >= 0.3 is 18.2 Å². The minimum Gasteiger partial charge on any atom is -0.465 e. The number of ether oxygens (including phenoxy) is 1. The maximum absolute atomic E-state index is 11.7. The summed E-state index contributed by atoms with van der Waals surface area (Å²) in [4.78, 5) is 33.8. The Bertz CT molecular complexity index is 544. The topological polar surface area (TPSA) is 111 Å². The molecule has 0 aliphatic heterocycles. The minimum absolute atomic E-state index is 0.0338. The fraction of sp³-hybridized carbons (Fsp3) is 0.385. The molecule has 0 saturated carbocycles. The number of esters is 1. The molecule has 8 heteroatoms.